The van der Waals surface area contributed by atoms with Crippen molar-refractivity contribution in [2.75, 3.05) is 12.8 Å². The lowest BCUT2D eigenvalue weighted by molar-refractivity contribution is 0.0933. The molecule has 4 heteroatoms. The Morgan fingerprint density at radius 3 is 2.67 bits per heavy atom. The number of carbonyl (C=O) groups is 1. The predicted molar refractivity (Wildman–Crippen MR) is 73.9 cm³/mol. The first kappa shape index (κ1) is 14.4. The third-order valence-corrected chi connectivity index (χ3v) is 2.96. The maximum absolute atomic E-state index is 12.0. The summed E-state index contributed by atoms with van der Waals surface area (Å²) in [5.74, 6) is 0.511. The minimum atomic E-state index is -0.0790. The van der Waals surface area contributed by atoms with Gasteiger partial charge < -0.3 is 15.8 Å². The highest BCUT2D eigenvalue weighted by Gasteiger charge is 2.12. The van der Waals surface area contributed by atoms with E-state index in [0.29, 0.717) is 17.0 Å². The van der Waals surface area contributed by atoms with Crippen LogP contribution in [-0.4, -0.2) is 19.1 Å². The van der Waals surface area contributed by atoms with Crippen LogP contribution in [0.5, 0.6) is 5.75 Å². The Hall–Kier alpha value is -1.71. The monoisotopic (exact) mass is 250 g/mol. The van der Waals surface area contributed by atoms with Crippen molar-refractivity contribution in [3.8, 4) is 5.75 Å². The fourth-order valence-electron chi connectivity index (χ4n) is 1.87. The summed E-state index contributed by atoms with van der Waals surface area (Å²) >= 11 is 0. The Morgan fingerprint density at radius 2 is 2.17 bits per heavy atom. The Bertz CT molecular complexity index is 405. The highest BCUT2D eigenvalue weighted by atomic mass is 16.5. The number of nitrogen functional groups attached to an aromatic ring is 1. The lowest BCUT2D eigenvalue weighted by atomic mass is 10.1. The van der Waals surface area contributed by atoms with Crippen molar-refractivity contribution in [3.63, 3.8) is 0 Å². The number of rotatable bonds is 6. The second kappa shape index (κ2) is 6.89. The Balaban J connectivity index is 2.74. The Labute approximate surface area is 109 Å². The van der Waals surface area contributed by atoms with E-state index >= 15 is 0 Å². The molecule has 1 atom stereocenters. The molecular formula is C14H22N2O2. The van der Waals surface area contributed by atoms with Crippen molar-refractivity contribution in [1.82, 2.24) is 5.32 Å². The number of amides is 1. The molecule has 0 saturated heterocycles. The van der Waals surface area contributed by atoms with Crippen LogP contribution >= 0.6 is 0 Å². The third-order valence-electron chi connectivity index (χ3n) is 2.96. The Morgan fingerprint density at radius 1 is 1.44 bits per heavy atom. The molecule has 0 aliphatic heterocycles. The van der Waals surface area contributed by atoms with Crippen LogP contribution in [0.1, 0.15) is 43.5 Å². The van der Waals surface area contributed by atoms with Gasteiger partial charge in [-0.15, -0.1) is 0 Å². The number of anilines is 1. The number of ether oxygens (including phenoxy) is 1. The number of nitrogens with one attached hydrogen (secondary N) is 1. The molecular weight excluding hydrogens is 228 g/mol. The smallest absolute Gasteiger partial charge is 0.251 e. The van der Waals surface area contributed by atoms with E-state index in [2.05, 4.69) is 19.2 Å². The summed E-state index contributed by atoms with van der Waals surface area (Å²) in [5.41, 5.74) is 6.84. The summed E-state index contributed by atoms with van der Waals surface area (Å²) in [6.07, 6.45) is 2.99. The molecule has 0 radical (unpaired) electrons. The van der Waals surface area contributed by atoms with Crippen molar-refractivity contribution >= 4 is 11.6 Å². The standard InChI is InChI=1S/C14H22N2O2/c1-4-6-11(5-2)16-14(17)10-7-8-13(18-3)12(15)9-10/h7-9,11H,4-6,15H2,1-3H3,(H,16,17). The molecule has 0 aromatic heterocycles. The number of benzene rings is 1. The summed E-state index contributed by atoms with van der Waals surface area (Å²) in [7, 11) is 1.56. The second-order valence-electron chi connectivity index (χ2n) is 4.32. The molecule has 4 nitrogen and oxygen atoms in total. The molecule has 1 rings (SSSR count). The molecule has 0 heterocycles. The Kier molecular flexibility index (Phi) is 5.49. The lowest BCUT2D eigenvalue weighted by Gasteiger charge is -2.16. The molecule has 0 fully saturated rings. The molecule has 0 spiro atoms. The summed E-state index contributed by atoms with van der Waals surface area (Å²) in [5, 5.41) is 3.01. The maximum atomic E-state index is 12.0. The van der Waals surface area contributed by atoms with Gasteiger partial charge in [0.25, 0.3) is 5.91 Å². The molecule has 1 amide bonds. The average molecular weight is 250 g/mol. The van der Waals surface area contributed by atoms with E-state index < -0.39 is 0 Å². The minimum Gasteiger partial charge on any atom is -0.495 e. The van der Waals surface area contributed by atoms with Gasteiger partial charge in [-0.2, -0.15) is 0 Å². The van der Waals surface area contributed by atoms with Crippen LogP contribution in [-0.2, 0) is 0 Å². The fourth-order valence-corrected chi connectivity index (χ4v) is 1.87. The summed E-state index contributed by atoms with van der Waals surface area (Å²) in [6.45, 7) is 4.18. The third kappa shape index (κ3) is 3.65. The van der Waals surface area contributed by atoms with Gasteiger partial charge in [0.1, 0.15) is 5.75 Å². The van der Waals surface area contributed by atoms with Crippen LogP contribution < -0.4 is 15.8 Å². The largest absolute Gasteiger partial charge is 0.495 e. The molecule has 0 saturated carbocycles. The van der Waals surface area contributed by atoms with E-state index in [-0.39, 0.29) is 11.9 Å². The number of hydrogen-bond donors (Lipinski definition) is 2. The van der Waals surface area contributed by atoms with Gasteiger partial charge in [-0.1, -0.05) is 20.3 Å². The van der Waals surface area contributed by atoms with Crippen LogP contribution in [0.2, 0.25) is 0 Å². The van der Waals surface area contributed by atoms with Gasteiger partial charge in [0.05, 0.1) is 12.8 Å². The van der Waals surface area contributed by atoms with Crippen molar-refractivity contribution < 1.29 is 9.53 Å². The van der Waals surface area contributed by atoms with Crippen molar-refractivity contribution in [2.45, 2.75) is 39.2 Å². The molecule has 1 unspecified atom stereocenters. The van der Waals surface area contributed by atoms with E-state index in [0.717, 1.165) is 19.3 Å². The highest BCUT2D eigenvalue weighted by molar-refractivity contribution is 5.95. The summed E-state index contributed by atoms with van der Waals surface area (Å²) in [6, 6.07) is 5.31. The van der Waals surface area contributed by atoms with E-state index in [1.165, 1.54) is 0 Å². The van der Waals surface area contributed by atoms with Crippen molar-refractivity contribution in [1.29, 1.82) is 0 Å². The minimum absolute atomic E-state index is 0.0790. The normalized spacial score (nSPS) is 11.9. The van der Waals surface area contributed by atoms with Crippen LogP contribution in [0.3, 0.4) is 0 Å². The first-order valence-electron chi connectivity index (χ1n) is 6.36. The van der Waals surface area contributed by atoms with Crippen LogP contribution in [0.15, 0.2) is 18.2 Å². The number of methoxy groups -OCH3 is 1. The van der Waals surface area contributed by atoms with E-state index in [4.69, 9.17) is 10.5 Å². The van der Waals surface area contributed by atoms with Crippen molar-refractivity contribution in [2.24, 2.45) is 0 Å². The lowest BCUT2D eigenvalue weighted by Crippen LogP contribution is -2.34. The molecule has 0 aliphatic carbocycles. The zero-order valence-corrected chi connectivity index (χ0v) is 11.3. The zero-order valence-electron chi connectivity index (χ0n) is 11.3. The van der Waals surface area contributed by atoms with E-state index in [1.807, 2.05) is 0 Å². The zero-order chi connectivity index (χ0) is 13.5. The van der Waals surface area contributed by atoms with E-state index in [9.17, 15) is 4.79 Å². The van der Waals surface area contributed by atoms with Gasteiger partial charge >= 0.3 is 0 Å². The number of hydrogen-bond acceptors (Lipinski definition) is 3. The topological polar surface area (TPSA) is 64.3 Å². The predicted octanol–water partition coefficient (Wildman–Crippen LogP) is 2.59. The second-order valence-corrected chi connectivity index (χ2v) is 4.32. The molecule has 0 aliphatic rings. The molecule has 18 heavy (non-hydrogen) atoms. The van der Waals surface area contributed by atoms with Gasteiger partial charge in [-0.25, -0.2) is 0 Å². The molecule has 1 aromatic carbocycles. The molecule has 3 N–H and O–H groups in total. The summed E-state index contributed by atoms with van der Waals surface area (Å²) < 4.78 is 5.06. The van der Waals surface area contributed by atoms with Gasteiger partial charge in [-0.05, 0) is 31.0 Å². The number of carbonyl (C=O) groups excluding carboxylic acids is 1. The number of nitrogens with two attached hydrogens (primary N) is 1. The van der Waals surface area contributed by atoms with E-state index in [1.54, 1.807) is 25.3 Å². The summed E-state index contributed by atoms with van der Waals surface area (Å²) in [4.78, 5) is 12.0. The van der Waals surface area contributed by atoms with Crippen LogP contribution in [0, 0.1) is 0 Å². The van der Waals surface area contributed by atoms with Crippen LogP contribution in [0.25, 0.3) is 0 Å². The highest BCUT2D eigenvalue weighted by Crippen LogP contribution is 2.21. The first-order chi connectivity index (χ1) is 8.62. The van der Waals surface area contributed by atoms with Crippen LogP contribution in [0.4, 0.5) is 5.69 Å². The van der Waals surface area contributed by atoms with Gasteiger partial charge in [-0.3, -0.25) is 4.79 Å². The van der Waals surface area contributed by atoms with Gasteiger partial charge in [0, 0.05) is 11.6 Å². The van der Waals surface area contributed by atoms with Gasteiger partial charge in [0.15, 0.2) is 0 Å². The fraction of sp³-hybridized carbons (Fsp3) is 0.500. The molecule has 0 bridgehead atoms. The SMILES string of the molecule is CCCC(CC)NC(=O)c1ccc(OC)c(N)c1. The molecule has 100 valence electrons. The first-order valence-corrected chi connectivity index (χ1v) is 6.36. The quantitative estimate of drug-likeness (QED) is 0.763. The van der Waals surface area contributed by atoms with Crippen molar-refractivity contribution in [3.05, 3.63) is 23.8 Å². The maximum Gasteiger partial charge on any atom is 0.251 e. The molecule has 1 aromatic rings. The van der Waals surface area contributed by atoms with Gasteiger partial charge in [0.2, 0.25) is 0 Å². The average Bonchev–Trinajstić information content (AvgIpc) is 2.37.